The number of para-hydroxylation sites is 1. The molecule has 1 N–H and O–H groups in total. The van der Waals surface area contributed by atoms with E-state index in [2.05, 4.69) is 20.4 Å². The highest BCUT2D eigenvalue weighted by atomic mass is 16.5. The van der Waals surface area contributed by atoms with E-state index in [0.29, 0.717) is 18.9 Å². The molecule has 112 valence electrons. The smallest absolute Gasteiger partial charge is 0.291 e. The van der Waals surface area contributed by atoms with Gasteiger partial charge in [0, 0.05) is 11.9 Å². The van der Waals surface area contributed by atoms with Gasteiger partial charge in [0.2, 0.25) is 5.82 Å². The average Bonchev–Trinajstić information content (AvgIpc) is 2.98. The number of aryl methyl sites for hydroxylation is 1. The van der Waals surface area contributed by atoms with Crippen LogP contribution in [0.25, 0.3) is 5.78 Å². The van der Waals surface area contributed by atoms with Gasteiger partial charge >= 0.3 is 0 Å². The Balaban J connectivity index is 1.56. The zero-order valence-electron chi connectivity index (χ0n) is 12.1. The minimum Gasteiger partial charge on any atom is -0.492 e. The van der Waals surface area contributed by atoms with E-state index in [0.717, 1.165) is 11.4 Å². The number of rotatable bonds is 5. The van der Waals surface area contributed by atoms with Crippen LogP contribution in [0.1, 0.15) is 16.3 Å². The van der Waals surface area contributed by atoms with Crippen molar-refractivity contribution in [1.82, 2.24) is 24.9 Å². The molecule has 0 saturated carbocycles. The highest BCUT2D eigenvalue weighted by molar-refractivity contribution is 5.90. The highest BCUT2D eigenvalue weighted by Crippen LogP contribution is 2.07. The SMILES string of the molecule is Cc1ccnc2nc(C(=O)NCCOc3ccccc3)nn12. The molecule has 7 heteroatoms. The van der Waals surface area contributed by atoms with Gasteiger partial charge < -0.3 is 10.1 Å². The molecule has 2 heterocycles. The molecule has 0 aliphatic rings. The maximum Gasteiger partial charge on any atom is 0.291 e. The van der Waals surface area contributed by atoms with Crippen molar-refractivity contribution in [1.29, 1.82) is 0 Å². The maximum absolute atomic E-state index is 12.0. The summed E-state index contributed by atoms with van der Waals surface area (Å²) >= 11 is 0. The number of benzene rings is 1. The van der Waals surface area contributed by atoms with E-state index in [1.807, 2.05) is 37.3 Å². The van der Waals surface area contributed by atoms with Crippen molar-refractivity contribution in [2.45, 2.75) is 6.92 Å². The van der Waals surface area contributed by atoms with Crippen LogP contribution in [0, 0.1) is 6.92 Å². The molecule has 3 rings (SSSR count). The molecular weight excluding hydrogens is 282 g/mol. The van der Waals surface area contributed by atoms with Crippen LogP contribution in [0.4, 0.5) is 0 Å². The van der Waals surface area contributed by atoms with Gasteiger partial charge in [0.05, 0.1) is 6.54 Å². The van der Waals surface area contributed by atoms with Crippen molar-refractivity contribution in [3.05, 3.63) is 54.1 Å². The van der Waals surface area contributed by atoms with E-state index in [9.17, 15) is 4.79 Å². The molecule has 7 nitrogen and oxygen atoms in total. The third-order valence-electron chi connectivity index (χ3n) is 3.03. The van der Waals surface area contributed by atoms with Crippen LogP contribution < -0.4 is 10.1 Å². The summed E-state index contributed by atoms with van der Waals surface area (Å²) < 4.78 is 7.03. The van der Waals surface area contributed by atoms with Gasteiger partial charge in [0.25, 0.3) is 11.7 Å². The predicted octanol–water partition coefficient (Wildman–Crippen LogP) is 1.24. The maximum atomic E-state index is 12.0. The number of fused-ring (bicyclic) bond motifs is 1. The summed E-state index contributed by atoms with van der Waals surface area (Å²) in [5.74, 6) is 0.927. The Morgan fingerprint density at radius 2 is 2.09 bits per heavy atom. The van der Waals surface area contributed by atoms with E-state index in [4.69, 9.17) is 4.74 Å². The molecule has 0 fully saturated rings. The predicted molar refractivity (Wildman–Crippen MR) is 79.8 cm³/mol. The van der Waals surface area contributed by atoms with Crippen molar-refractivity contribution in [2.24, 2.45) is 0 Å². The van der Waals surface area contributed by atoms with E-state index < -0.39 is 0 Å². The monoisotopic (exact) mass is 297 g/mol. The van der Waals surface area contributed by atoms with Gasteiger partial charge in [-0.05, 0) is 25.1 Å². The summed E-state index contributed by atoms with van der Waals surface area (Å²) in [6.07, 6.45) is 1.63. The van der Waals surface area contributed by atoms with Gasteiger partial charge in [-0.25, -0.2) is 9.50 Å². The number of amides is 1. The largest absolute Gasteiger partial charge is 0.492 e. The lowest BCUT2D eigenvalue weighted by Crippen LogP contribution is -2.29. The lowest BCUT2D eigenvalue weighted by molar-refractivity contribution is 0.0937. The Hall–Kier alpha value is -2.96. The van der Waals surface area contributed by atoms with Crippen LogP contribution in [-0.4, -0.2) is 38.6 Å². The molecule has 0 unspecified atom stereocenters. The molecule has 0 spiro atoms. The van der Waals surface area contributed by atoms with Crippen molar-refractivity contribution in [3.63, 3.8) is 0 Å². The third-order valence-corrected chi connectivity index (χ3v) is 3.03. The average molecular weight is 297 g/mol. The fraction of sp³-hybridized carbons (Fsp3) is 0.200. The van der Waals surface area contributed by atoms with Gasteiger partial charge in [-0.3, -0.25) is 4.79 Å². The van der Waals surface area contributed by atoms with E-state index in [1.165, 1.54) is 4.52 Å². The molecule has 0 bridgehead atoms. The van der Waals surface area contributed by atoms with Crippen LogP contribution in [-0.2, 0) is 0 Å². The van der Waals surface area contributed by atoms with Crippen LogP contribution in [0.15, 0.2) is 42.6 Å². The number of hydrogen-bond acceptors (Lipinski definition) is 5. The number of carbonyl (C=O) groups excluding carboxylic acids is 1. The lowest BCUT2D eigenvalue weighted by atomic mass is 10.3. The Bertz CT molecular complexity index is 785. The van der Waals surface area contributed by atoms with Crippen molar-refractivity contribution >= 4 is 11.7 Å². The minimum atomic E-state index is -0.346. The molecule has 0 atom stereocenters. The second-order valence-corrected chi connectivity index (χ2v) is 4.65. The van der Waals surface area contributed by atoms with Gasteiger partial charge in [0.1, 0.15) is 12.4 Å². The fourth-order valence-corrected chi connectivity index (χ4v) is 1.93. The van der Waals surface area contributed by atoms with Crippen LogP contribution in [0.5, 0.6) is 5.75 Å². The molecule has 0 aliphatic heterocycles. The summed E-state index contributed by atoms with van der Waals surface area (Å²) in [5.41, 5.74) is 0.865. The Labute approximate surface area is 127 Å². The quantitative estimate of drug-likeness (QED) is 0.717. The molecule has 0 saturated heterocycles. The summed E-state index contributed by atoms with van der Waals surface area (Å²) in [6.45, 7) is 2.62. The van der Waals surface area contributed by atoms with Crippen molar-refractivity contribution in [3.8, 4) is 5.75 Å². The zero-order valence-corrected chi connectivity index (χ0v) is 12.1. The Morgan fingerprint density at radius 1 is 1.27 bits per heavy atom. The normalized spacial score (nSPS) is 10.6. The number of nitrogens with zero attached hydrogens (tertiary/aromatic N) is 4. The number of carbonyl (C=O) groups is 1. The van der Waals surface area contributed by atoms with Gasteiger partial charge in [-0.15, -0.1) is 5.10 Å². The molecular formula is C15H15N5O2. The Morgan fingerprint density at radius 3 is 2.86 bits per heavy atom. The Kier molecular flexibility index (Phi) is 3.95. The number of nitrogens with one attached hydrogen (secondary N) is 1. The highest BCUT2D eigenvalue weighted by Gasteiger charge is 2.13. The van der Waals surface area contributed by atoms with Gasteiger partial charge in [-0.2, -0.15) is 4.98 Å². The topological polar surface area (TPSA) is 81.4 Å². The summed E-state index contributed by atoms with van der Waals surface area (Å²) in [4.78, 5) is 20.2. The molecule has 22 heavy (non-hydrogen) atoms. The third kappa shape index (κ3) is 3.03. The molecule has 2 aromatic heterocycles. The van der Waals surface area contributed by atoms with Crippen LogP contribution >= 0.6 is 0 Å². The molecule has 0 aliphatic carbocycles. The van der Waals surface area contributed by atoms with Gasteiger partial charge in [0.15, 0.2) is 0 Å². The number of ether oxygens (including phenoxy) is 1. The lowest BCUT2D eigenvalue weighted by Gasteiger charge is -2.06. The first-order valence-corrected chi connectivity index (χ1v) is 6.88. The second kappa shape index (κ2) is 6.21. The summed E-state index contributed by atoms with van der Waals surface area (Å²) in [5, 5.41) is 6.86. The van der Waals surface area contributed by atoms with Gasteiger partial charge in [-0.1, -0.05) is 18.2 Å². The van der Waals surface area contributed by atoms with Crippen LogP contribution in [0.2, 0.25) is 0 Å². The molecule has 1 aromatic carbocycles. The first-order valence-electron chi connectivity index (χ1n) is 6.88. The first kappa shape index (κ1) is 14.0. The van der Waals surface area contributed by atoms with Crippen molar-refractivity contribution in [2.75, 3.05) is 13.2 Å². The van der Waals surface area contributed by atoms with E-state index in [-0.39, 0.29) is 11.7 Å². The summed E-state index contributed by atoms with van der Waals surface area (Å²) in [6, 6.07) is 11.2. The van der Waals surface area contributed by atoms with E-state index in [1.54, 1.807) is 12.3 Å². The fourth-order valence-electron chi connectivity index (χ4n) is 1.93. The molecule has 0 radical (unpaired) electrons. The zero-order chi connectivity index (χ0) is 15.4. The standard InChI is InChI=1S/C15H15N5O2/c1-11-7-8-17-15-18-13(19-20(11)15)14(21)16-9-10-22-12-5-3-2-4-6-12/h2-8H,9-10H2,1H3,(H,16,21). The molecule has 3 aromatic rings. The number of hydrogen-bond donors (Lipinski definition) is 1. The van der Waals surface area contributed by atoms with Crippen LogP contribution in [0.3, 0.4) is 0 Å². The minimum absolute atomic E-state index is 0.0986. The second-order valence-electron chi connectivity index (χ2n) is 4.65. The number of aromatic nitrogens is 4. The first-order chi connectivity index (χ1) is 10.7. The van der Waals surface area contributed by atoms with Crippen molar-refractivity contribution < 1.29 is 9.53 Å². The summed E-state index contributed by atoms with van der Waals surface area (Å²) in [7, 11) is 0. The van der Waals surface area contributed by atoms with E-state index >= 15 is 0 Å². The molecule has 1 amide bonds.